The van der Waals surface area contributed by atoms with Gasteiger partial charge in [0.15, 0.2) is 0 Å². The second-order valence-electron chi connectivity index (χ2n) is 6.45. The van der Waals surface area contributed by atoms with Gasteiger partial charge in [-0.25, -0.2) is 0 Å². The number of likely N-dealkylation sites (tertiary alicyclic amines) is 1. The van der Waals surface area contributed by atoms with Crippen molar-refractivity contribution in [3.8, 4) is 5.75 Å². The van der Waals surface area contributed by atoms with Crippen molar-refractivity contribution in [2.75, 3.05) is 27.4 Å². The van der Waals surface area contributed by atoms with E-state index in [0.717, 1.165) is 0 Å². The minimum Gasteiger partial charge on any atom is -0.507 e. The number of carbonyl (C=O) groups is 2. The lowest BCUT2D eigenvalue weighted by atomic mass is 9.94. The highest BCUT2D eigenvalue weighted by Crippen LogP contribution is 2.42. The van der Waals surface area contributed by atoms with Crippen LogP contribution in [0.2, 0.25) is 0 Å². The Hall–Kier alpha value is -3.12. The van der Waals surface area contributed by atoms with Crippen molar-refractivity contribution >= 4 is 17.4 Å². The minimum atomic E-state index is -0.729. The predicted molar refractivity (Wildman–Crippen MR) is 105 cm³/mol. The van der Waals surface area contributed by atoms with Crippen molar-refractivity contribution in [3.05, 3.63) is 71.3 Å². The first-order valence-electron chi connectivity index (χ1n) is 9.05. The van der Waals surface area contributed by atoms with E-state index in [1.165, 1.54) is 12.0 Å². The van der Waals surface area contributed by atoms with E-state index in [9.17, 15) is 14.7 Å². The maximum Gasteiger partial charge on any atom is 0.295 e. The molecule has 0 radical (unpaired) electrons. The molecule has 2 aromatic rings. The van der Waals surface area contributed by atoms with E-state index >= 15 is 0 Å². The van der Waals surface area contributed by atoms with Gasteiger partial charge in [0, 0.05) is 31.4 Å². The molecule has 1 fully saturated rings. The molecule has 1 N–H and O–H groups in total. The molecule has 0 bridgehead atoms. The third-order valence-electron chi connectivity index (χ3n) is 4.77. The van der Waals surface area contributed by atoms with Crippen LogP contribution in [0.15, 0.2) is 60.2 Å². The normalized spacial score (nSPS) is 18.5. The van der Waals surface area contributed by atoms with Crippen LogP contribution in [-0.4, -0.2) is 49.1 Å². The summed E-state index contributed by atoms with van der Waals surface area (Å²) in [5.41, 5.74) is 1.20. The summed E-state index contributed by atoms with van der Waals surface area (Å²) in [5.74, 6) is -0.978. The first kappa shape index (κ1) is 19.6. The van der Waals surface area contributed by atoms with Crippen molar-refractivity contribution in [3.63, 3.8) is 0 Å². The van der Waals surface area contributed by atoms with Gasteiger partial charge in [-0.1, -0.05) is 48.5 Å². The Kier molecular flexibility index (Phi) is 6.11. The first-order chi connectivity index (χ1) is 13.6. The number of methoxy groups -OCH3 is 2. The highest BCUT2D eigenvalue weighted by molar-refractivity contribution is 6.46. The molecule has 0 unspecified atom stereocenters. The van der Waals surface area contributed by atoms with Gasteiger partial charge >= 0.3 is 0 Å². The molecular formula is C22H23NO5. The van der Waals surface area contributed by atoms with Crippen molar-refractivity contribution in [2.24, 2.45) is 0 Å². The van der Waals surface area contributed by atoms with Gasteiger partial charge in [-0.15, -0.1) is 0 Å². The van der Waals surface area contributed by atoms with Gasteiger partial charge in [0.25, 0.3) is 11.7 Å². The van der Waals surface area contributed by atoms with E-state index in [1.54, 1.807) is 43.5 Å². The van der Waals surface area contributed by atoms with Crippen LogP contribution >= 0.6 is 0 Å². The second kappa shape index (κ2) is 8.71. The van der Waals surface area contributed by atoms with Gasteiger partial charge in [0.2, 0.25) is 0 Å². The maximum atomic E-state index is 12.9. The van der Waals surface area contributed by atoms with Crippen LogP contribution in [0.3, 0.4) is 0 Å². The summed E-state index contributed by atoms with van der Waals surface area (Å²) in [5, 5.41) is 10.9. The number of amides is 1. The number of aliphatic hydroxyl groups is 1. The molecule has 1 aliphatic heterocycles. The van der Waals surface area contributed by atoms with Crippen molar-refractivity contribution in [2.45, 2.75) is 12.5 Å². The predicted octanol–water partition coefficient (Wildman–Crippen LogP) is 3.15. The van der Waals surface area contributed by atoms with Crippen LogP contribution < -0.4 is 4.74 Å². The van der Waals surface area contributed by atoms with E-state index in [0.29, 0.717) is 36.4 Å². The Balaban J connectivity index is 2.16. The van der Waals surface area contributed by atoms with E-state index in [2.05, 4.69) is 0 Å². The lowest BCUT2D eigenvalue weighted by Crippen LogP contribution is -2.31. The van der Waals surface area contributed by atoms with Gasteiger partial charge < -0.3 is 19.5 Å². The fourth-order valence-corrected chi connectivity index (χ4v) is 3.46. The molecule has 1 saturated heterocycles. The van der Waals surface area contributed by atoms with Crippen molar-refractivity contribution in [1.82, 2.24) is 4.90 Å². The number of benzene rings is 2. The van der Waals surface area contributed by atoms with Crippen LogP contribution in [0.25, 0.3) is 5.76 Å². The summed E-state index contributed by atoms with van der Waals surface area (Å²) in [6.07, 6.45) is 0.570. The number of carbonyl (C=O) groups excluding carboxylic acids is 2. The van der Waals surface area contributed by atoms with Crippen LogP contribution in [-0.2, 0) is 14.3 Å². The number of nitrogens with zero attached hydrogens (tertiary/aromatic N) is 1. The molecule has 0 aliphatic carbocycles. The SMILES string of the molecule is COCCCN1C(=O)C(=O)C(=C(O)c2ccccc2)[C@@H]1c1ccccc1OC. The van der Waals surface area contributed by atoms with E-state index in [4.69, 9.17) is 9.47 Å². The van der Waals surface area contributed by atoms with Gasteiger partial charge in [0.05, 0.1) is 18.7 Å². The Labute approximate surface area is 164 Å². The summed E-state index contributed by atoms with van der Waals surface area (Å²) in [7, 11) is 3.12. The molecule has 6 nitrogen and oxygen atoms in total. The van der Waals surface area contributed by atoms with Crippen molar-refractivity contribution in [1.29, 1.82) is 0 Å². The van der Waals surface area contributed by atoms with Gasteiger partial charge in [-0.3, -0.25) is 9.59 Å². The van der Waals surface area contributed by atoms with Gasteiger partial charge in [-0.2, -0.15) is 0 Å². The molecule has 6 heteroatoms. The number of hydrogen-bond donors (Lipinski definition) is 1. The highest BCUT2D eigenvalue weighted by Gasteiger charge is 2.46. The molecule has 0 saturated carbocycles. The van der Waals surface area contributed by atoms with Crippen molar-refractivity contribution < 1.29 is 24.2 Å². The fraction of sp³-hybridized carbons (Fsp3) is 0.273. The van der Waals surface area contributed by atoms with E-state index in [-0.39, 0.29) is 11.3 Å². The third-order valence-corrected chi connectivity index (χ3v) is 4.77. The van der Waals surface area contributed by atoms with Gasteiger partial charge in [0.1, 0.15) is 11.5 Å². The zero-order valence-corrected chi connectivity index (χ0v) is 15.9. The second-order valence-corrected chi connectivity index (χ2v) is 6.45. The summed E-state index contributed by atoms with van der Waals surface area (Å²) in [4.78, 5) is 27.1. The highest BCUT2D eigenvalue weighted by atomic mass is 16.5. The topological polar surface area (TPSA) is 76.1 Å². The number of ketones is 1. The quantitative estimate of drug-likeness (QED) is 0.345. The zero-order valence-electron chi connectivity index (χ0n) is 15.9. The molecule has 28 heavy (non-hydrogen) atoms. The summed E-state index contributed by atoms with van der Waals surface area (Å²) in [6, 6.07) is 15.2. The van der Waals surface area contributed by atoms with Crippen LogP contribution in [0, 0.1) is 0 Å². The number of hydrogen-bond acceptors (Lipinski definition) is 5. The smallest absolute Gasteiger partial charge is 0.295 e. The zero-order chi connectivity index (χ0) is 20.1. The molecule has 2 aromatic carbocycles. The number of para-hydroxylation sites is 1. The molecule has 0 aromatic heterocycles. The molecular weight excluding hydrogens is 358 g/mol. The molecule has 1 heterocycles. The molecule has 146 valence electrons. The third kappa shape index (κ3) is 3.64. The van der Waals surface area contributed by atoms with Gasteiger partial charge in [-0.05, 0) is 12.5 Å². The average molecular weight is 381 g/mol. The Morgan fingerprint density at radius 3 is 2.39 bits per heavy atom. The van der Waals surface area contributed by atoms with Crippen LogP contribution in [0.4, 0.5) is 0 Å². The first-order valence-corrected chi connectivity index (χ1v) is 9.05. The molecule has 1 atom stereocenters. The minimum absolute atomic E-state index is 0.0677. The van der Waals surface area contributed by atoms with E-state index < -0.39 is 17.7 Å². The lowest BCUT2D eigenvalue weighted by Gasteiger charge is -2.26. The Morgan fingerprint density at radius 2 is 1.71 bits per heavy atom. The molecule has 1 amide bonds. The summed E-state index contributed by atoms with van der Waals surface area (Å²) >= 11 is 0. The Morgan fingerprint density at radius 1 is 1.04 bits per heavy atom. The molecule has 1 aliphatic rings. The molecule has 3 rings (SSSR count). The summed E-state index contributed by atoms with van der Waals surface area (Å²) < 4.78 is 10.5. The number of ether oxygens (including phenoxy) is 2. The molecule has 0 spiro atoms. The fourth-order valence-electron chi connectivity index (χ4n) is 3.46. The standard InChI is InChI=1S/C22H23NO5/c1-27-14-8-13-23-19(16-11-6-7-12-17(16)28-2)18(21(25)22(23)26)20(24)15-9-4-3-5-10-15/h3-7,9-12,19,24H,8,13-14H2,1-2H3/t19-/m0/s1. The largest absolute Gasteiger partial charge is 0.507 e. The maximum absolute atomic E-state index is 12.9. The lowest BCUT2D eigenvalue weighted by molar-refractivity contribution is -0.140. The monoisotopic (exact) mass is 381 g/mol. The Bertz CT molecular complexity index is 891. The number of aliphatic hydroxyl groups excluding tert-OH is 1. The van der Waals surface area contributed by atoms with Crippen LogP contribution in [0.1, 0.15) is 23.6 Å². The van der Waals surface area contributed by atoms with Crippen LogP contribution in [0.5, 0.6) is 5.75 Å². The van der Waals surface area contributed by atoms with E-state index in [1.807, 2.05) is 18.2 Å². The summed E-state index contributed by atoms with van der Waals surface area (Å²) in [6.45, 7) is 0.785. The number of rotatable bonds is 7. The number of Topliss-reactive ketones (excluding diaryl/α,β-unsaturated/α-hetero) is 1. The average Bonchev–Trinajstić information content (AvgIpc) is 2.98.